The molecule has 0 radical (unpaired) electrons. The second-order valence-corrected chi connectivity index (χ2v) is 4.24. The van der Waals surface area contributed by atoms with Crippen molar-refractivity contribution >= 4 is 5.97 Å². The van der Waals surface area contributed by atoms with Gasteiger partial charge in [-0.25, -0.2) is 4.79 Å². The molecular formula is C13H17NO4. The average molecular weight is 251 g/mol. The molecule has 5 heteroatoms. The van der Waals surface area contributed by atoms with Crippen molar-refractivity contribution in [1.29, 1.82) is 0 Å². The Morgan fingerprint density at radius 3 is 2.89 bits per heavy atom. The summed E-state index contributed by atoms with van der Waals surface area (Å²) in [5.41, 5.74) is 8.16. The minimum absolute atomic E-state index is 0.0830. The van der Waals surface area contributed by atoms with E-state index in [0.29, 0.717) is 0 Å². The summed E-state index contributed by atoms with van der Waals surface area (Å²) in [4.78, 5) is 11.1. The zero-order valence-electron chi connectivity index (χ0n) is 10.5. The number of rotatable bonds is 4. The van der Waals surface area contributed by atoms with Crippen molar-refractivity contribution in [2.24, 2.45) is 5.73 Å². The summed E-state index contributed by atoms with van der Waals surface area (Å²) in [5, 5.41) is 0. The predicted molar refractivity (Wildman–Crippen MR) is 65.4 cm³/mol. The highest BCUT2D eigenvalue weighted by molar-refractivity contribution is 5.70. The fourth-order valence-corrected chi connectivity index (χ4v) is 2.19. The molecule has 1 aromatic rings. The van der Waals surface area contributed by atoms with Crippen molar-refractivity contribution in [3.63, 3.8) is 0 Å². The summed E-state index contributed by atoms with van der Waals surface area (Å²) in [5.74, 6) is 0.402. The summed E-state index contributed by atoms with van der Waals surface area (Å²) in [6.45, 7) is -0.0830. The molecule has 0 aromatic heterocycles. The highest BCUT2D eigenvalue weighted by Crippen LogP contribution is 2.35. The quantitative estimate of drug-likeness (QED) is 0.802. The van der Waals surface area contributed by atoms with Gasteiger partial charge < -0.3 is 19.9 Å². The number of esters is 1. The lowest BCUT2D eigenvalue weighted by Gasteiger charge is -2.16. The predicted octanol–water partition coefficient (Wildman–Crippen LogP) is 0.809. The zero-order valence-corrected chi connectivity index (χ0v) is 10.5. The van der Waals surface area contributed by atoms with Crippen LogP contribution in [0.4, 0.5) is 0 Å². The van der Waals surface area contributed by atoms with Crippen LogP contribution in [0.2, 0.25) is 0 Å². The third kappa shape index (κ3) is 2.47. The average Bonchev–Trinajstić information content (AvgIpc) is 2.70. The van der Waals surface area contributed by atoms with Crippen molar-refractivity contribution in [2.75, 3.05) is 20.8 Å². The molecule has 2 rings (SSSR count). The van der Waals surface area contributed by atoms with Crippen molar-refractivity contribution in [3.8, 4) is 5.75 Å². The minimum atomic E-state index is -0.399. The van der Waals surface area contributed by atoms with E-state index in [1.165, 1.54) is 7.11 Å². The Kier molecular flexibility index (Phi) is 3.84. The fraction of sp³-hybridized carbons (Fsp3) is 0.462. The molecule has 0 bridgehead atoms. The van der Waals surface area contributed by atoms with Gasteiger partial charge in [-0.15, -0.1) is 0 Å². The third-order valence-corrected chi connectivity index (χ3v) is 3.11. The number of carbonyl (C=O) groups is 1. The Balaban J connectivity index is 2.12. The van der Waals surface area contributed by atoms with E-state index < -0.39 is 5.97 Å². The molecule has 0 saturated heterocycles. The maximum atomic E-state index is 11.1. The van der Waals surface area contributed by atoms with Gasteiger partial charge >= 0.3 is 5.97 Å². The number of fused-ring (bicyclic) bond motifs is 1. The first-order valence-corrected chi connectivity index (χ1v) is 5.76. The van der Waals surface area contributed by atoms with E-state index in [9.17, 15) is 4.79 Å². The number of ether oxygens (including phenoxy) is 3. The first kappa shape index (κ1) is 12.9. The largest absolute Gasteiger partial charge is 0.497 e. The van der Waals surface area contributed by atoms with Gasteiger partial charge in [-0.05, 0) is 29.7 Å². The van der Waals surface area contributed by atoms with Crippen LogP contribution in [0.15, 0.2) is 18.2 Å². The van der Waals surface area contributed by atoms with Gasteiger partial charge in [0.25, 0.3) is 0 Å². The van der Waals surface area contributed by atoms with E-state index in [1.54, 1.807) is 7.11 Å². The normalized spacial score (nSPS) is 21.5. The van der Waals surface area contributed by atoms with Gasteiger partial charge in [-0.3, -0.25) is 0 Å². The molecule has 0 heterocycles. The van der Waals surface area contributed by atoms with Crippen molar-refractivity contribution in [3.05, 3.63) is 29.3 Å². The van der Waals surface area contributed by atoms with Crippen molar-refractivity contribution in [1.82, 2.24) is 0 Å². The second-order valence-electron chi connectivity index (χ2n) is 4.24. The standard InChI is InChI=1S/C13H17NO4/c1-16-9-3-4-10-8(5-9)6-11(14)13(10)18-7-12(15)17-2/h3-5,11,13H,6-7,14H2,1-2H3. The Labute approximate surface area is 106 Å². The van der Waals surface area contributed by atoms with Crippen LogP contribution in [0, 0.1) is 0 Å². The topological polar surface area (TPSA) is 70.8 Å². The first-order valence-electron chi connectivity index (χ1n) is 5.76. The van der Waals surface area contributed by atoms with Gasteiger partial charge in [0.05, 0.1) is 20.3 Å². The maximum absolute atomic E-state index is 11.1. The molecule has 0 fully saturated rings. The number of hydrogen-bond donors (Lipinski definition) is 1. The smallest absolute Gasteiger partial charge is 0.331 e. The van der Waals surface area contributed by atoms with Crippen LogP contribution in [-0.4, -0.2) is 32.8 Å². The van der Waals surface area contributed by atoms with E-state index in [4.69, 9.17) is 15.2 Å². The maximum Gasteiger partial charge on any atom is 0.331 e. The summed E-state index contributed by atoms with van der Waals surface area (Å²) in [6, 6.07) is 5.61. The van der Waals surface area contributed by atoms with Crippen LogP contribution in [0.1, 0.15) is 17.2 Å². The number of methoxy groups -OCH3 is 2. The molecule has 2 N–H and O–H groups in total. The van der Waals surface area contributed by atoms with E-state index >= 15 is 0 Å². The monoisotopic (exact) mass is 251 g/mol. The van der Waals surface area contributed by atoms with Crippen LogP contribution >= 0.6 is 0 Å². The number of carbonyl (C=O) groups excluding carboxylic acids is 1. The lowest BCUT2D eigenvalue weighted by Crippen LogP contribution is -2.28. The van der Waals surface area contributed by atoms with Gasteiger partial charge in [0.1, 0.15) is 12.4 Å². The fourth-order valence-electron chi connectivity index (χ4n) is 2.19. The zero-order chi connectivity index (χ0) is 13.1. The molecule has 0 spiro atoms. The Bertz CT molecular complexity index is 447. The van der Waals surface area contributed by atoms with E-state index in [1.807, 2.05) is 18.2 Å². The van der Waals surface area contributed by atoms with Gasteiger partial charge in [0.15, 0.2) is 0 Å². The first-order chi connectivity index (χ1) is 8.65. The molecule has 1 aliphatic rings. The van der Waals surface area contributed by atoms with Crippen LogP contribution in [0.5, 0.6) is 5.75 Å². The van der Waals surface area contributed by atoms with Crippen molar-refractivity contribution < 1.29 is 19.0 Å². The lowest BCUT2D eigenvalue weighted by molar-refractivity contribution is -0.148. The van der Waals surface area contributed by atoms with E-state index in [2.05, 4.69) is 4.74 Å². The third-order valence-electron chi connectivity index (χ3n) is 3.11. The molecule has 0 saturated carbocycles. The molecule has 1 aromatic carbocycles. The number of hydrogen-bond acceptors (Lipinski definition) is 5. The minimum Gasteiger partial charge on any atom is -0.497 e. The number of benzene rings is 1. The van der Waals surface area contributed by atoms with Crippen LogP contribution in [0.3, 0.4) is 0 Å². The molecule has 2 atom stereocenters. The Morgan fingerprint density at radius 2 is 2.22 bits per heavy atom. The summed E-state index contributed by atoms with van der Waals surface area (Å²) in [7, 11) is 2.96. The molecular weight excluding hydrogens is 234 g/mol. The summed E-state index contributed by atoms with van der Waals surface area (Å²) >= 11 is 0. The Morgan fingerprint density at radius 1 is 1.44 bits per heavy atom. The second kappa shape index (κ2) is 5.37. The van der Waals surface area contributed by atoms with Crippen molar-refractivity contribution in [2.45, 2.75) is 18.6 Å². The highest BCUT2D eigenvalue weighted by Gasteiger charge is 2.31. The highest BCUT2D eigenvalue weighted by atomic mass is 16.6. The molecule has 0 aliphatic heterocycles. The molecule has 0 amide bonds. The number of nitrogens with two attached hydrogens (primary N) is 1. The van der Waals surface area contributed by atoms with Crippen LogP contribution in [-0.2, 0) is 20.7 Å². The molecule has 5 nitrogen and oxygen atoms in total. The molecule has 2 unspecified atom stereocenters. The molecule has 1 aliphatic carbocycles. The van der Waals surface area contributed by atoms with Gasteiger partial charge in [-0.1, -0.05) is 6.07 Å². The lowest BCUT2D eigenvalue weighted by atomic mass is 10.1. The van der Waals surface area contributed by atoms with Gasteiger partial charge in [-0.2, -0.15) is 0 Å². The SMILES string of the molecule is COC(=O)COC1c2ccc(OC)cc2CC1N. The summed E-state index contributed by atoms with van der Waals surface area (Å²) in [6.07, 6.45) is 0.461. The van der Waals surface area contributed by atoms with Crippen LogP contribution in [0.25, 0.3) is 0 Å². The van der Waals surface area contributed by atoms with Gasteiger partial charge in [0.2, 0.25) is 0 Å². The van der Waals surface area contributed by atoms with Crippen LogP contribution < -0.4 is 10.5 Å². The van der Waals surface area contributed by atoms with E-state index in [0.717, 1.165) is 23.3 Å². The molecule has 18 heavy (non-hydrogen) atoms. The Hall–Kier alpha value is -1.59. The molecule has 98 valence electrons. The van der Waals surface area contributed by atoms with E-state index in [-0.39, 0.29) is 18.8 Å². The summed E-state index contributed by atoms with van der Waals surface area (Å²) < 4.78 is 15.2. The van der Waals surface area contributed by atoms with Gasteiger partial charge in [0, 0.05) is 6.04 Å².